The summed E-state index contributed by atoms with van der Waals surface area (Å²) in [6, 6.07) is 9.91. The summed E-state index contributed by atoms with van der Waals surface area (Å²) in [5.74, 6) is 0.0295. The van der Waals surface area contributed by atoms with E-state index >= 15 is 0 Å². The Bertz CT molecular complexity index is 364. The van der Waals surface area contributed by atoms with E-state index in [1.54, 1.807) is 6.08 Å². The minimum atomic E-state index is -0.268. The van der Waals surface area contributed by atoms with Gasteiger partial charge in [-0.05, 0) is 24.0 Å². The van der Waals surface area contributed by atoms with Crippen LogP contribution >= 0.6 is 0 Å². The maximum absolute atomic E-state index is 11.4. The van der Waals surface area contributed by atoms with Crippen LogP contribution in [0.5, 0.6) is 0 Å². The molecule has 16 heavy (non-hydrogen) atoms. The molecule has 1 aromatic carbocycles. The highest BCUT2D eigenvalue weighted by Gasteiger charge is 2.08. The largest absolute Gasteiger partial charge is 0.463 e. The van der Waals surface area contributed by atoms with E-state index in [-0.39, 0.29) is 5.97 Å². The second kappa shape index (κ2) is 6.11. The van der Waals surface area contributed by atoms with Crippen molar-refractivity contribution in [2.75, 3.05) is 6.61 Å². The van der Waals surface area contributed by atoms with Gasteiger partial charge in [0.2, 0.25) is 0 Å². The number of ether oxygens (including phenoxy) is 1. The fourth-order valence-electron chi connectivity index (χ4n) is 1.52. The molecule has 0 radical (unpaired) electrons. The molecule has 0 spiro atoms. The zero-order valence-electron chi connectivity index (χ0n) is 10.1. The van der Waals surface area contributed by atoms with Crippen molar-refractivity contribution < 1.29 is 9.53 Å². The minimum Gasteiger partial charge on any atom is -0.463 e. The second-order valence-corrected chi connectivity index (χ2v) is 3.87. The first-order valence-corrected chi connectivity index (χ1v) is 5.59. The number of hydrogen-bond acceptors (Lipinski definition) is 2. The van der Waals surface area contributed by atoms with E-state index in [0.29, 0.717) is 12.5 Å². The first-order chi connectivity index (χ1) is 7.65. The number of esters is 1. The van der Waals surface area contributed by atoms with Crippen LogP contribution in [0.25, 0.3) is 5.57 Å². The molecule has 0 aromatic heterocycles. The Morgan fingerprint density at radius 3 is 2.44 bits per heavy atom. The molecular weight excluding hydrogens is 200 g/mol. The lowest BCUT2D eigenvalue weighted by atomic mass is 9.95. The second-order valence-electron chi connectivity index (χ2n) is 3.87. The van der Waals surface area contributed by atoms with Crippen LogP contribution in [0.15, 0.2) is 36.4 Å². The Morgan fingerprint density at radius 2 is 1.94 bits per heavy atom. The predicted octanol–water partition coefficient (Wildman–Crippen LogP) is 3.29. The third kappa shape index (κ3) is 3.54. The van der Waals surface area contributed by atoms with Gasteiger partial charge in [0.15, 0.2) is 0 Å². The Kier molecular flexibility index (Phi) is 4.77. The van der Waals surface area contributed by atoms with Gasteiger partial charge >= 0.3 is 5.97 Å². The monoisotopic (exact) mass is 218 g/mol. The molecule has 0 saturated heterocycles. The number of rotatable bonds is 4. The Morgan fingerprint density at radius 1 is 1.31 bits per heavy atom. The normalized spacial score (nSPS) is 11.6. The predicted molar refractivity (Wildman–Crippen MR) is 65.9 cm³/mol. The van der Waals surface area contributed by atoms with Crippen molar-refractivity contribution in [2.45, 2.75) is 20.8 Å². The average Bonchev–Trinajstić information content (AvgIpc) is 2.27. The zero-order valence-corrected chi connectivity index (χ0v) is 10.1. The van der Waals surface area contributed by atoms with Gasteiger partial charge in [-0.1, -0.05) is 44.2 Å². The summed E-state index contributed by atoms with van der Waals surface area (Å²) < 4.78 is 4.93. The first kappa shape index (κ1) is 12.5. The molecule has 0 aliphatic heterocycles. The van der Waals surface area contributed by atoms with Gasteiger partial charge in [0.25, 0.3) is 0 Å². The third-order valence-electron chi connectivity index (χ3n) is 2.29. The summed E-state index contributed by atoms with van der Waals surface area (Å²) in [6.07, 6.45) is 1.59. The minimum absolute atomic E-state index is 0.268. The molecule has 86 valence electrons. The van der Waals surface area contributed by atoms with Crippen molar-refractivity contribution in [3.63, 3.8) is 0 Å². The number of carbonyl (C=O) groups is 1. The molecule has 0 saturated carbocycles. The maximum Gasteiger partial charge on any atom is 0.331 e. The number of carbonyl (C=O) groups excluding carboxylic acids is 1. The topological polar surface area (TPSA) is 26.3 Å². The van der Waals surface area contributed by atoms with E-state index in [2.05, 4.69) is 13.8 Å². The summed E-state index contributed by atoms with van der Waals surface area (Å²) in [7, 11) is 0. The lowest BCUT2D eigenvalue weighted by Crippen LogP contribution is -2.03. The Balaban J connectivity index is 2.96. The number of benzene rings is 1. The SMILES string of the molecule is CCOC(=O)C=C(c1ccccc1)C(C)C. The number of hydrogen-bond donors (Lipinski definition) is 0. The Hall–Kier alpha value is -1.57. The molecule has 0 aliphatic rings. The maximum atomic E-state index is 11.4. The smallest absolute Gasteiger partial charge is 0.331 e. The molecule has 2 nitrogen and oxygen atoms in total. The molecule has 0 heterocycles. The van der Waals surface area contributed by atoms with Gasteiger partial charge in [-0.25, -0.2) is 4.79 Å². The molecule has 2 heteroatoms. The van der Waals surface area contributed by atoms with Crippen LogP contribution in [0.3, 0.4) is 0 Å². The van der Waals surface area contributed by atoms with E-state index in [0.717, 1.165) is 11.1 Å². The summed E-state index contributed by atoms with van der Waals surface area (Å²) in [5.41, 5.74) is 2.09. The fraction of sp³-hybridized carbons (Fsp3) is 0.357. The molecule has 0 aliphatic carbocycles. The lowest BCUT2D eigenvalue weighted by molar-refractivity contribution is -0.137. The van der Waals surface area contributed by atoms with Crippen molar-refractivity contribution in [1.82, 2.24) is 0 Å². The summed E-state index contributed by atoms with van der Waals surface area (Å²) in [4.78, 5) is 11.4. The quantitative estimate of drug-likeness (QED) is 0.572. The van der Waals surface area contributed by atoms with Gasteiger partial charge < -0.3 is 4.74 Å². The van der Waals surface area contributed by atoms with Crippen LogP contribution in [-0.2, 0) is 9.53 Å². The van der Waals surface area contributed by atoms with E-state index in [9.17, 15) is 4.79 Å². The van der Waals surface area contributed by atoms with Crippen LogP contribution in [-0.4, -0.2) is 12.6 Å². The molecule has 0 bridgehead atoms. The van der Waals surface area contributed by atoms with Gasteiger partial charge in [-0.2, -0.15) is 0 Å². The van der Waals surface area contributed by atoms with Crippen LogP contribution in [0.4, 0.5) is 0 Å². The van der Waals surface area contributed by atoms with E-state index in [1.807, 2.05) is 37.3 Å². The highest BCUT2D eigenvalue weighted by Crippen LogP contribution is 2.22. The molecule has 0 fully saturated rings. The van der Waals surface area contributed by atoms with Crippen molar-refractivity contribution in [2.24, 2.45) is 5.92 Å². The lowest BCUT2D eigenvalue weighted by Gasteiger charge is -2.11. The van der Waals surface area contributed by atoms with Crippen molar-refractivity contribution in [1.29, 1.82) is 0 Å². The molecule has 0 amide bonds. The molecular formula is C14H18O2. The van der Waals surface area contributed by atoms with Crippen molar-refractivity contribution in [3.8, 4) is 0 Å². The first-order valence-electron chi connectivity index (χ1n) is 5.59. The highest BCUT2D eigenvalue weighted by atomic mass is 16.5. The van der Waals surface area contributed by atoms with Crippen LogP contribution in [0.1, 0.15) is 26.3 Å². The van der Waals surface area contributed by atoms with Crippen LogP contribution in [0, 0.1) is 5.92 Å². The van der Waals surface area contributed by atoms with E-state index in [4.69, 9.17) is 4.74 Å². The van der Waals surface area contributed by atoms with Crippen LogP contribution < -0.4 is 0 Å². The molecule has 1 rings (SSSR count). The molecule has 0 atom stereocenters. The zero-order chi connectivity index (χ0) is 12.0. The van der Waals surface area contributed by atoms with Crippen LogP contribution in [0.2, 0.25) is 0 Å². The number of allylic oxidation sites excluding steroid dienone is 1. The average molecular weight is 218 g/mol. The van der Waals surface area contributed by atoms with Gasteiger partial charge in [-0.3, -0.25) is 0 Å². The standard InChI is InChI=1S/C14H18O2/c1-4-16-14(15)10-13(11(2)3)12-8-6-5-7-9-12/h5-11H,4H2,1-3H3. The van der Waals surface area contributed by atoms with E-state index in [1.165, 1.54) is 0 Å². The van der Waals surface area contributed by atoms with Gasteiger partial charge in [0.05, 0.1) is 6.61 Å². The molecule has 0 N–H and O–H groups in total. The summed E-state index contributed by atoms with van der Waals surface area (Å²) in [6.45, 7) is 6.36. The van der Waals surface area contributed by atoms with Gasteiger partial charge in [0, 0.05) is 6.08 Å². The van der Waals surface area contributed by atoms with Crippen molar-refractivity contribution >= 4 is 11.5 Å². The summed E-state index contributed by atoms with van der Waals surface area (Å²) >= 11 is 0. The fourth-order valence-corrected chi connectivity index (χ4v) is 1.52. The Labute approximate surface area is 96.9 Å². The van der Waals surface area contributed by atoms with Crippen molar-refractivity contribution in [3.05, 3.63) is 42.0 Å². The third-order valence-corrected chi connectivity index (χ3v) is 2.29. The summed E-state index contributed by atoms with van der Waals surface area (Å²) in [5, 5.41) is 0. The van der Waals surface area contributed by atoms with Gasteiger partial charge in [0.1, 0.15) is 0 Å². The molecule has 1 aromatic rings. The van der Waals surface area contributed by atoms with Gasteiger partial charge in [-0.15, -0.1) is 0 Å². The molecule has 0 unspecified atom stereocenters. The van der Waals surface area contributed by atoms with E-state index < -0.39 is 0 Å². The highest BCUT2D eigenvalue weighted by molar-refractivity contribution is 5.91.